The zero-order valence-corrected chi connectivity index (χ0v) is 10.4. The largest absolute Gasteiger partial charge is 0.496 e. The van der Waals surface area contributed by atoms with E-state index < -0.39 is 0 Å². The number of hydrogen-bond donors (Lipinski definition) is 1. The van der Waals surface area contributed by atoms with Gasteiger partial charge in [-0.3, -0.25) is 0 Å². The topological polar surface area (TPSA) is 38.7 Å². The molecular formula is C13H20O3. The van der Waals surface area contributed by atoms with Crippen LogP contribution in [0.15, 0.2) is 18.2 Å². The quantitative estimate of drug-likeness (QED) is 0.832. The minimum atomic E-state index is -0.333. The van der Waals surface area contributed by atoms with Crippen molar-refractivity contribution in [2.75, 3.05) is 20.8 Å². The standard InChI is InChI=1S/C13H20O3/c1-13(2,9-14)12-10(8-15-3)6-5-7-11(12)16-4/h5-7,14H,8-9H2,1-4H3. The molecule has 0 aliphatic heterocycles. The van der Waals surface area contributed by atoms with E-state index in [1.54, 1.807) is 14.2 Å². The highest BCUT2D eigenvalue weighted by molar-refractivity contribution is 5.45. The highest BCUT2D eigenvalue weighted by atomic mass is 16.5. The maximum atomic E-state index is 9.46. The fourth-order valence-electron chi connectivity index (χ4n) is 1.87. The monoisotopic (exact) mass is 224 g/mol. The summed E-state index contributed by atoms with van der Waals surface area (Å²) in [6.07, 6.45) is 0. The smallest absolute Gasteiger partial charge is 0.123 e. The van der Waals surface area contributed by atoms with Crippen LogP contribution in [0.5, 0.6) is 5.75 Å². The van der Waals surface area contributed by atoms with Gasteiger partial charge in [-0.05, 0) is 11.6 Å². The first kappa shape index (κ1) is 13.0. The minimum Gasteiger partial charge on any atom is -0.496 e. The highest BCUT2D eigenvalue weighted by Gasteiger charge is 2.26. The van der Waals surface area contributed by atoms with Crippen molar-refractivity contribution in [1.29, 1.82) is 0 Å². The van der Waals surface area contributed by atoms with Crippen LogP contribution in [0.25, 0.3) is 0 Å². The first-order valence-corrected chi connectivity index (χ1v) is 5.33. The zero-order valence-electron chi connectivity index (χ0n) is 10.4. The Hall–Kier alpha value is -1.06. The molecule has 0 atom stereocenters. The van der Waals surface area contributed by atoms with E-state index in [0.29, 0.717) is 6.61 Å². The molecule has 1 N–H and O–H groups in total. The van der Waals surface area contributed by atoms with E-state index in [9.17, 15) is 5.11 Å². The van der Waals surface area contributed by atoms with Crippen LogP contribution < -0.4 is 4.74 Å². The molecule has 0 unspecified atom stereocenters. The predicted octanol–water partition coefficient (Wildman–Crippen LogP) is 2.11. The van der Waals surface area contributed by atoms with Crippen molar-refractivity contribution in [2.24, 2.45) is 0 Å². The van der Waals surface area contributed by atoms with Gasteiger partial charge >= 0.3 is 0 Å². The van der Waals surface area contributed by atoms with Crippen LogP contribution in [0, 0.1) is 0 Å². The van der Waals surface area contributed by atoms with Gasteiger partial charge in [0.2, 0.25) is 0 Å². The SMILES string of the molecule is COCc1cccc(OC)c1C(C)(C)CO. The van der Waals surface area contributed by atoms with Crippen molar-refractivity contribution in [3.05, 3.63) is 29.3 Å². The number of aliphatic hydroxyl groups is 1. The molecule has 90 valence electrons. The Balaban J connectivity index is 3.29. The molecule has 0 aliphatic rings. The van der Waals surface area contributed by atoms with Crippen molar-refractivity contribution in [3.8, 4) is 5.75 Å². The molecule has 3 heteroatoms. The van der Waals surface area contributed by atoms with Crippen molar-refractivity contribution in [2.45, 2.75) is 25.9 Å². The molecule has 0 radical (unpaired) electrons. The molecule has 16 heavy (non-hydrogen) atoms. The van der Waals surface area contributed by atoms with E-state index in [4.69, 9.17) is 9.47 Å². The molecule has 0 aliphatic carbocycles. The molecule has 0 amide bonds. The number of aliphatic hydroxyl groups excluding tert-OH is 1. The molecule has 0 bridgehead atoms. The second-order valence-corrected chi connectivity index (χ2v) is 4.47. The van der Waals surface area contributed by atoms with Crippen LogP contribution in [-0.4, -0.2) is 25.9 Å². The van der Waals surface area contributed by atoms with Gasteiger partial charge in [-0.15, -0.1) is 0 Å². The summed E-state index contributed by atoms with van der Waals surface area (Å²) in [5.41, 5.74) is 1.74. The third-order valence-corrected chi connectivity index (χ3v) is 2.70. The van der Waals surface area contributed by atoms with E-state index in [2.05, 4.69) is 0 Å². The fraction of sp³-hybridized carbons (Fsp3) is 0.538. The van der Waals surface area contributed by atoms with Crippen molar-refractivity contribution in [1.82, 2.24) is 0 Å². The summed E-state index contributed by atoms with van der Waals surface area (Å²) in [6, 6.07) is 5.84. The molecule has 0 saturated heterocycles. The van der Waals surface area contributed by atoms with Crippen LogP contribution in [0.3, 0.4) is 0 Å². The van der Waals surface area contributed by atoms with Gasteiger partial charge in [0, 0.05) is 18.1 Å². The molecule has 0 heterocycles. The van der Waals surface area contributed by atoms with Crippen LogP contribution in [-0.2, 0) is 16.8 Å². The summed E-state index contributed by atoms with van der Waals surface area (Å²) >= 11 is 0. The molecule has 0 fully saturated rings. The number of methoxy groups -OCH3 is 2. The third kappa shape index (κ3) is 2.54. The van der Waals surface area contributed by atoms with E-state index in [1.165, 1.54) is 0 Å². The van der Waals surface area contributed by atoms with Crippen molar-refractivity contribution < 1.29 is 14.6 Å². The van der Waals surface area contributed by atoms with Gasteiger partial charge in [-0.1, -0.05) is 26.0 Å². The molecule has 3 nitrogen and oxygen atoms in total. The lowest BCUT2D eigenvalue weighted by Crippen LogP contribution is -2.25. The lowest BCUT2D eigenvalue weighted by atomic mass is 9.82. The van der Waals surface area contributed by atoms with Gasteiger partial charge in [0.15, 0.2) is 0 Å². The van der Waals surface area contributed by atoms with Gasteiger partial charge in [0.1, 0.15) is 5.75 Å². The second-order valence-electron chi connectivity index (χ2n) is 4.47. The van der Waals surface area contributed by atoms with E-state index in [-0.39, 0.29) is 12.0 Å². The predicted molar refractivity (Wildman–Crippen MR) is 63.8 cm³/mol. The number of rotatable bonds is 5. The number of hydrogen-bond acceptors (Lipinski definition) is 3. The summed E-state index contributed by atoms with van der Waals surface area (Å²) in [5, 5.41) is 9.46. The van der Waals surface area contributed by atoms with Gasteiger partial charge in [-0.2, -0.15) is 0 Å². The van der Waals surface area contributed by atoms with Gasteiger partial charge in [0.25, 0.3) is 0 Å². The summed E-state index contributed by atoms with van der Waals surface area (Å²) in [4.78, 5) is 0. The summed E-state index contributed by atoms with van der Waals surface area (Å²) in [5.74, 6) is 0.800. The lowest BCUT2D eigenvalue weighted by molar-refractivity contribution is 0.177. The maximum absolute atomic E-state index is 9.46. The third-order valence-electron chi connectivity index (χ3n) is 2.70. The Morgan fingerprint density at radius 3 is 2.44 bits per heavy atom. The van der Waals surface area contributed by atoms with E-state index in [0.717, 1.165) is 16.9 Å². The highest BCUT2D eigenvalue weighted by Crippen LogP contribution is 2.34. The van der Waals surface area contributed by atoms with Crippen LogP contribution in [0.4, 0.5) is 0 Å². The van der Waals surface area contributed by atoms with Gasteiger partial charge in [-0.25, -0.2) is 0 Å². The van der Waals surface area contributed by atoms with Gasteiger partial charge < -0.3 is 14.6 Å². The summed E-state index contributed by atoms with van der Waals surface area (Å²) in [7, 11) is 3.30. The lowest BCUT2D eigenvalue weighted by Gasteiger charge is -2.27. The normalized spacial score (nSPS) is 11.6. The van der Waals surface area contributed by atoms with Crippen LogP contribution in [0.1, 0.15) is 25.0 Å². The van der Waals surface area contributed by atoms with E-state index in [1.807, 2.05) is 32.0 Å². The average molecular weight is 224 g/mol. The zero-order chi connectivity index (χ0) is 12.2. The van der Waals surface area contributed by atoms with Crippen molar-refractivity contribution >= 4 is 0 Å². The average Bonchev–Trinajstić information content (AvgIpc) is 2.29. The van der Waals surface area contributed by atoms with Crippen LogP contribution in [0.2, 0.25) is 0 Å². The Kier molecular flexibility index (Phi) is 4.33. The Morgan fingerprint density at radius 2 is 1.94 bits per heavy atom. The molecule has 1 aromatic carbocycles. The van der Waals surface area contributed by atoms with E-state index >= 15 is 0 Å². The Bertz CT molecular complexity index is 345. The molecule has 0 spiro atoms. The first-order chi connectivity index (χ1) is 7.56. The first-order valence-electron chi connectivity index (χ1n) is 5.33. The molecule has 0 aromatic heterocycles. The summed E-state index contributed by atoms with van der Waals surface area (Å²) < 4.78 is 10.5. The Labute approximate surface area is 97.0 Å². The fourth-order valence-corrected chi connectivity index (χ4v) is 1.87. The maximum Gasteiger partial charge on any atom is 0.123 e. The van der Waals surface area contributed by atoms with Gasteiger partial charge in [0.05, 0.1) is 20.3 Å². The minimum absolute atomic E-state index is 0.0735. The molecule has 1 rings (SSSR count). The number of ether oxygens (including phenoxy) is 2. The molecular weight excluding hydrogens is 204 g/mol. The number of benzene rings is 1. The van der Waals surface area contributed by atoms with Crippen LogP contribution >= 0.6 is 0 Å². The Morgan fingerprint density at radius 1 is 1.25 bits per heavy atom. The molecule has 1 aromatic rings. The summed E-state index contributed by atoms with van der Waals surface area (Å²) in [6.45, 7) is 4.58. The molecule has 0 saturated carbocycles. The van der Waals surface area contributed by atoms with Crippen molar-refractivity contribution in [3.63, 3.8) is 0 Å². The second kappa shape index (κ2) is 5.32.